The maximum absolute atomic E-state index is 13.9. The maximum Gasteiger partial charge on any atom is 0.269 e. The van der Waals surface area contributed by atoms with E-state index in [9.17, 15) is 44.9 Å². The number of carbonyl (C=O) groups excluding carboxylic acids is 3. The number of primary amides is 1. The Morgan fingerprint density at radius 1 is 1.10 bits per heavy atom. The number of benzene rings is 2. The van der Waals surface area contributed by atoms with Crippen LogP contribution in [0.4, 0.5) is 5.69 Å². The van der Waals surface area contributed by atoms with E-state index >= 15 is 0 Å². The number of hydrogen-bond acceptors (Lipinski definition) is 10. The van der Waals surface area contributed by atoms with E-state index in [-0.39, 0.29) is 35.4 Å². The molecule has 0 bridgehead atoms. The lowest BCUT2D eigenvalue weighted by atomic mass is 9.57. The molecular weight excluding hydrogens is 510 g/mol. The molecular formula is C27H25N3O9. The van der Waals surface area contributed by atoms with Crippen LogP contribution in [0.25, 0.3) is 16.9 Å². The molecule has 4 atom stereocenters. The zero-order chi connectivity index (χ0) is 28.5. The summed E-state index contributed by atoms with van der Waals surface area (Å²) in [6.45, 7) is 0. The quantitative estimate of drug-likeness (QED) is 0.217. The summed E-state index contributed by atoms with van der Waals surface area (Å²) in [7, 11) is 3.05. The van der Waals surface area contributed by atoms with Gasteiger partial charge in [0.25, 0.3) is 11.6 Å². The van der Waals surface area contributed by atoms with E-state index in [0.717, 1.165) is 0 Å². The number of non-ortho nitro benzene ring substituents is 1. The highest BCUT2D eigenvalue weighted by atomic mass is 16.6. The molecule has 1 amide bonds. The van der Waals surface area contributed by atoms with Crippen molar-refractivity contribution in [2.24, 2.45) is 17.6 Å². The summed E-state index contributed by atoms with van der Waals surface area (Å²) in [5.74, 6) is -7.24. The first-order valence-electron chi connectivity index (χ1n) is 12.0. The number of aromatic hydroxyl groups is 1. The van der Waals surface area contributed by atoms with Gasteiger partial charge < -0.3 is 26.2 Å². The van der Waals surface area contributed by atoms with E-state index < -0.39 is 63.0 Å². The Bertz CT molecular complexity index is 1540. The number of likely N-dealkylation sites (N-methyl/N-ethyl adjacent to an activating group) is 1. The second-order valence-corrected chi connectivity index (χ2v) is 10.3. The summed E-state index contributed by atoms with van der Waals surface area (Å²) in [4.78, 5) is 51.1. The number of aliphatic hydroxyl groups is 3. The van der Waals surface area contributed by atoms with Crippen molar-refractivity contribution in [1.29, 1.82) is 0 Å². The van der Waals surface area contributed by atoms with Gasteiger partial charge in [0.1, 0.15) is 22.8 Å². The van der Waals surface area contributed by atoms with Gasteiger partial charge in [0.15, 0.2) is 11.4 Å². The van der Waals surface area contributed by atoms with Crippen molar-refractivity contribution in [3.05, 3.63) is 74.5 Å². The summed E-state index contributed by atoms with van der Waals surface area (Å²) >= 11 is 0. The number of carbonyl (C=O) groups is 3. The Balaban J connectivity index is 1.71. The second-order valence-electron chi connectivity index (χ2n) is 10.3. The van der Waals surface area contributed by atoms with Crippen LogP contribution in [0.2, 0.25) is 0 Å². The van der Waals surface area contributed by atoms with E-state index in [1.807, 2.05) is 0 Å². The first kappa shape index (κ1) is 26.1. The highest BCUT2D eigenvalue weighted by molar-refractivity contribution is 6.24. The molecule has 1 saturated carbocycles. The molecule has 0 aromatic heterocycles. The molecule has 2 aromatic rings. The number of nitro groups is 1. The van der Waals surface area contributed by atoms with Gasteiger partial charge >= 0.3 is 0 Å². The van der Waals surface area contributed by atoms with Crippen LogP contribution in [0.5, 0.6) is 5.75 Å². The molecule has 2 aromatic carbocycles. The Labute approximate surface area is 221 Å². The maximum atomic E-state index is 13.9. The van der Waals surface area contributed by atoms with Crippen LogP contribution in [-0.2, 0) is 20.8 Å². The summed E-state index contributed by atoms with van der Waals surface area (Å²) < 4.78 is 0. The number of ketones is 2. The van der Waals surface area contributed by atoms with Gasteiger partial charge in [-0.25, -0.2) is 0 Å². The fourth-order valence-electron chi connectivity index (χ4n) is 6.28. The van der Waals surface area contributed by atoms with Gasteiger partial charge in [-0.15, -0.1) is 0 Å². The van der Waals surface area contributed by atoms with E-state index in [2.05, 4.69) is 0 Å². The normalized spacial score (nSPS) is 26.3. The van der Waals surface area contributed by atoms with Crippen LogP contribution in [-0.4, -0.2) is 73.5 Å². The molecule has 5 rings (SSSR count). The molecule has 3 aliphatic carbocycles. The number of phenolic OH excluding ortho intramolecular Hbond substituents is 1. The van der Waals surface area contributed by atoms with Crippen LogP contribution in [0.3, 0.4) is 0 Å². The van der Waals surface area contributed by atoms with Gasteiger partial charge in [-0.1, -0.05) is 6.07 Å². The average molecular weight is 536 g/mol. The molecule has 0 aliphatic heterocycles. The summed E-state index contributed by atoms with van der Waals surface area (Å²) in [6.07, 6.45) is 0.0659. The first-order valence-corrected chi connectivity index (χ1v) is 12.0. The number of rotatable bonds is 4. The topological polar surface area (TPSA) is 205 Å². The average Bonchev–Trinajstić information content (AvgIpc) is 2.86. The van der Waals surface area contributed by atoms with E-state index in [1.165, 1.54) is 49.3 Å². The van der Waals surface area contributed by atoms with Crippen molar-refractivity contribution in [1.82, 2.24) is 4.90 Å². The van der Waals surface area contributed by atoms with E-state index in [0.29, 0.717) is 16.7 Å². The van der Waals surface area contributed by atoms with Gasteiger partial charge in [0.05, 0.1) is 16.5 Å². The summed E-state index contributed by atoms with van der Waals surface area (Å²) in [5.41, 5.74) is 2.91. The van der Waals surface area contributed by atoms with Crippen molar-refractivity contribution in [3.8, 4) is 16.9 Å². The van der Waals surface area contributed by atoms with Gasteiger partial charge in [-0.2, -0.15) is 0 Å². The van der Waals surface area contributed by atoms with E-state index in [4.69, 9.17) is 5.73 Å². The van der Waals surface area contributed by atoms with Crippen molar-refractivity contribution in [2.75, 3.05) is 14.1 Å². The molecule has 202 valence electrons. The minimum Gasteiger partial charge on any atom is -0.508 e. The molecule has 6 N–H and O–H groups in total. The Kier molecular flexibility index (Phi) is 5.85. The summed E-state index contributed by atoms with van der Waals surface area (Å²) in [5, 5.41) is 55.6. The SMILES string of the molecule is CN(C)C1C(=O)C(C(N)=O)=C(O)C2(O)C(=O)C3=C(O)c4c(O)ccc(-c5ccc([N+](=O)[O-])cc5)c4CC3CC12. The predicted molar refractivity (Wildman–Crippen MR) is 136 cm³/mol. The lowest BCUT2D eigenvalue weighted by molar-refractivity contribution is -0.384. The van der Waals surface area contributed by atoms with Crippen molar-refractivity contribution < 1.29 is 39.7 Å². The van der Waals surface area contributed by atoms with Crippen LogP contribution < -0.4 is 5.73 Å². The molecule has 0 heterocycles. The number of Topliss-reactive ketones (excluding diaryl/α,β-unsaturated/α-hetero) is 2. The second kappa shape index (κ2) is 8.75. The van der Waals surface area contributed by atoms with Crippen LogP contribution in [0.1, 0.15) is 17.5 Å². The number of hydrogen-bond donors (Lipinski definition) is 5. The zero-order valence-electron chi connectivity index (χ0n) is 20.9. The fraction of sp³-hybridized carbons (Fsp3) is 0.296. The minimum atomic E-state index is -2.71. The predicted octanol–water partition coefficient (Wildman–Crippen LogP) is 1.54. The molecule has 12 nitrogen and oxygen atoms in total. The monoisotopic (exact) mass is 535 g/mol. The lowest BCUT2D eigenvalue weighted by Gasteiger charge is -2.50. The Morgan fingerprint density at radius 2 is 1.74 bits per heavy atom. The molecule has 0 saturated heterocycles. The molecule has 0 radical (unpaired) electrons. The third-order valence-corrected chi connectivity index (χ3v) is 7.99. The van der Waals surface area contributed by atoms with Crippen LogP contribution >= 0.6 is 0 Å². The van der Waals surface area contributed by atoms with Gasteiger partial charge in [0.2, 0.25) is 5.78 Å². The highest BCUT2D eigenvalue weighted by Gasteiger charge is 2.64. The zero-order valence-corrected chi connectivity index (χ0v) is 20.9. The highest BCUT2D eigenvalue weighted by Crippen LogP contribution is 2.53. The van der Waals surface area contributed by atoms with Crippen LogP contribution in [0.15, 0.2) is 53.3 Å². The molecule has 39 heavy (non-hydrogen) atoms. The van der Waals surface area contributed by atoms with Crippen molar-refractivity contribution in [3.63, 3.8) is 0 Å². The van der Waals surface area contributed by atoms with Crippen molar-refractivity contribution in [2.45, 2.75) is 24.5 Å². The number of fused-ring (bicyclic) bond motifs is 3. The minimum absolute atomic E-state index is 0.0406. The van der Waals surface area contributed by atoms with Gasteiger partial charge in [-0.3, -0.25) is 29.4 Å². The number of amides is 1. The lowest BCUT2D eigenvalue weighted by Crippen LogP contribution is -2.65. The molecule has 12 heteroatoms. The molecule has 4 unspecified atom stereocenters. The Hall–Kier alpha value is -4.55. The van der Waals surface area contributed by atoms with Crippen molar-refractivity contribution >= 4 is 28.9 Å². The smallest absolute Gasteiger partial charge is 0.269 e. The largest absolute Gasteiger partial charge is 0.508 e. The third kappa shape index (κ3) is 3.56. The van der Waals surface area contributed by atoms with Gasteiger partial charge in [-0.05, 0) is 67.7 Å². The number of aliphatic hydroxyl groups excluding tert-OH is 2. The van der Waals surface area contributed by atoms with E-state index in [1.54, 1.807) is 6.07 Å². The number of nitrogens with zero attached hydrogens (tertiary/aromatic N) is 2. The first-order chi connectivity index (χ1) is 18.3. The van der Waals surface area contributed by atoms with Crippen LogP contribution in [0, 0.1) is 22.0 Å². The Morgan fingerprint density at radius 3 is 2.31 bits per heavy atom. The molecule has 0 spiro atoms. The third-order valence-electron chi connectivity index (χ3n) is 7.99. The fourth-order valence-corrected chi connectivity index (χ4v) is 6.28. The molecule has 1 fully saturated rings. The standard InChI is InChI=1S/C27H25N3O9/c1-29(2)21-16-10-12-9-15-14(11-3-5-13(6-4-11)30(38)39)7-8-17(31)19(15)22(32)18(12)24(34)27(16,37)25(35)20(23(21)33)26(28)36/h3-8,12,16,21,31-32,35,37H,9-10H2,1-2H3,(H2,28,36). The summed E-state index contributed by atoms with van der Waals surface area (Å²) in [6, 6.07) is 7.42. The number of nitrogens with two attached hydrogens (primary N) is 1. The number of nitro benzene ring substituents is 1. The number of phenols is 1. The molecule has 3 aliphatic rings. The van der Waals surface area contributed by atoms with Gasteiger partial charge in [0, 0.05) is 23.6 Å².